The van der Waals surface area contributed by atoms with E-state index in [9.17, 15) is 0 Å². The monoisotopic (exact) mass is 288 g/mol. The second-order valence-electron chi connectivity index (χ2n) is 7.08. The molecule has 0 aromatic carbocycles. The van der Waals surface area contributed by atoms with Gasteiger partial charge in [0.25, 0.3) is 0 Å². The van der Waals surface area contributed by atoms with Crippen LogP contribution < -0.4 is 0 Å². The second-order valence-corrected chi connectivity index (χ2v) is 16.6. The molecule has 0 rings (SSSR count). The van der Waals surface area contributed by atoms with Crippen LogP contribution in [0.4, 0.5) is 0 Å². The van der Waals surface area contributed by atoms with E-state index in [4.69, 9.17) is 0 Å². The summed E-state index contributed by atoms with van der Waals surface area (Å²) >= 11 is 0. The van der Waals surface area contributed by atoms with Gasteiger partial charge in [-0.15, -0.1) is 11.1 Å². The van der Waals surface area contributed by atoms with Crippen LogP contribution in [0.3, 0.4) is 0 Å². The quantitative estimate of drug-likeness (QED) is 0.360. The Morgan fingerprint density at radius 3 is 1.53 bits per heavy atom. The van der Waals surface area contributed by atoms with Crippen molar-refractivity contribution >= 4 is 16.1 Å². The van der Waals surface area contributed by atoms with E-state index in [1.165, 1.54) is 5.57 Å². The lowest BCUT2D eigenvalue weighted by molar-refractivity contribution is 1.33. The largest absolute Gasteiger partial charge is 0.129 e. The van der Waals surface area contributed by atoms with Gasteiger partial charge in [0.1, 0.15) is 16.1 Å². The standard InChI is InChI=1S/C17H28Si2/c1-10-16(11-13-18(4,5)6)17(15(2)3)12-14-19(7,8)9/h10H,1-9H3. The first-order chi connectivity index (χ1) is 8.46. The molecular formula is C17H28Si2. The van der Waals surface area contributed by atoms with Gasteiger partial charge in [-0.1, -0.05) is 62.8 Å². The summed E-state index contributed by atoms with van der Waals surface area (Å²) in [6, 6.07) is 0. The highest BCUT2D eigenvalue weighted by Gasteiger charge is 2.10. The van der Waals surface area contributed by atoms with Crippen molar-refractivity contribution in [2.24, 2.45) is 0 Å². The molecule has 0 saturated carbocycles. The van der Waals surface area contributed by atoms with Gasteiger partial charge < -0.3 is 0 Å². The van der Waals surface area contributed by atoms with Crippen LogP contribution in [0.2, 0.25) is 39.3 Å². The van der Waals surface area contributed by atoms with Crippen LogP contribution >= 0.6 is 0 Å². The predicted octanol–water partition coefficient (Wildman–Crippen LogP) is 5.03. The van der Waals surface area contributed by atoms with Crippen molar-refractivity contribution in [2.75, 3.05) is 0 Å². The summed E-state index contributed by atoms with van der Waals surface area (Å²) in [5.41, 5.74) is 10.3. The minimum Gasteiger partial charge on any atom is -0.127 e. The van der Waals surface area contributed by atoms with E-state index in [-0.39, 0.29) is 0 Å². The third kappa shape index (κ3) is 8.70. The minimum absolute atomic E-state index is 1.09. The van der Waals surface area contributed by atoms with Gasteiger partial charge in [-0.25, -0.2) is 0 Å². The fourth-order valence-corrected chi connectivity index (χ4v) is 2.26. The van der Waals surface area contributed by atoms with Crippen LogP contribution in [0, 0.1) is 22.9 Å². The molecule has 0 radical (unpaired) electrons. The molecule has 0 aromatic heterocycles. The van der Waals surface area contributed by atoms with Crippen molar-refractivity contribution < 1.29 is 0 Å². The Bertz CT molecular complexity index is 494. The molecule has 0 N–H and O–H groups in total. The molecule has 0 aromatic rings. The molecule has 0 aliphatic carbocycles. The van der Waals surface area contributed by atoms with Gasteiger partial charge in [-0.2, -0.15) is 0 Å². The summed E-state index contributed by atoms with van der Waals surface area (Å²) in [7, 11) is -2.69. The highest BCUT2D eigenvalue weighted by Crippen LogP contribution is 2.14. The Labute approximate surface area is 122 Å². The van der Waals surface area contributed by atoms with E-state index in [0.717, 1.165) is 11.1 Å². The van der Waals surface area contributed by atoms with Crippen molar-refractivity contribution in [3.05, 3.63) is 22.8 Å². The Morgan fingerprint density at radius 2 is 1.21 bits per heavy atom. The molecule has 0 aliphatic heterocycles. The molecule has 2 heteroatoms. The predicted molar refractivity (Wildman–Crippen MR) is 94.4 cm³/mol. The molecule has 0 saturated heterocycles. The van der Waals surface area contributed by atoms with Crippen LogP contribution in [0.15, 0.2) is 22.8 Å². The molecule has 0 bridgehead atoms. The Hall–Kier alpha value is -0.966. The van der Waals surface area contributed by atoms with Crippen molar-refractivity contribution in [1.82, 2.24) is 0 Å². The highest BCUT2D eigenvalue weighted by molar-refractivity contribution is 6.84. The lowest BCUT2D eigenvalue weighted by Gasteiger charge is -2.08. The lowest BCUT2D eigenvalue weighted by Crippen LogP contribution is -2.17. The van der Waals surface area contributed by atoms with E-state index < -0.39 is 16.1 Å². The number of hydrogen-bond donors (Lipinski definition) is 0. The van der Waals surface area contributed by atoms with Crippen LogP contribution in [0.25, 0.3) is 0 Å². The maximum absolute atomic E-state index is 3.45. The van der Waals surface area contributed by atoms with Gasteiger partial charge in [0.05, 0.1) is 0 Å². The fraction of sp³-hybridized carbons (Fsp3) is 0.529. The smallest absolute Gasteiger partial charge is 0.127 e. The normalized spacial score (nSPS) is 11.9. The third-order valence-corrected chi connectivity index (χ3v) is 3.94. The Balaban J connectivity index is 5.59. The average Bonchev–Trinajstić information content (AvgIpc) is 2.19. The van der Waals surface area contributed by atoms with Gasteiger partial charge in [-0.3, -0.25) is 0 Å². The van der Waals surface area contributed by atoms with Crippen molar-refractivity contribution in [3.8, 4) is 22.9 Å². The van der Waals surface area contributed by atoms with E-state index in [1.54, 1.807) is 0 Å². The first kappa shape index (κ1) is 18.0. The molecule has 19 heavy (non-hydrogen) atoms. The maximum Gasteiger partial charge on any atom is 0.129 e. The molecule has 0 amide bonds. The first-order valence-corrected chi connectivity index (χ1v) is 13.9. The van der Waals surface area contributed by atoms with Crippen molar-refractivity contribution in [3.63, 3.8) is 0 Å². The topological polar surface area (TPSA) is 0 Å². The number of rotatable bonds is 1. The van der Waals surface area contributed by atoms with Crippen LogP contribution in [0.1, 0.15) is 20.8 Å². The van der Waals surface area contributed by atoms with Gasteiger partial charge in [-0.05, 0) is 20.8 Å². The highest BCUT2D eigenvalue weighted by atomic mass is 28.3. The molecule has 104 valence electrons. The van der Waals surface area contributed by atoms with Gasteiger partial charge in [0.2, 0.25) is 0 Å². The van der Waals surface area contributed by atoms with E-state index in [2.05, 4.69) is 82.1 Å². The summed E-state index contributed by atoms with van der Waals surface area (Å²) in [5.74, 6) is 6.74. The Morgan fingerprint density at radius 1 is 0.789 bits per heavy atom. The zero-order valence-electron chi connectivity index (χ0n) is 14.1. The van der Waals surface area contributed by atoms with Crippen molar-refractivity contribution in [2.45, 2.75) is 60.1 Å². The molecular weight excluding hydrogens is 260 g/mol. The summed E-state index contributed by atoms with van der Waals surface area (Å²) in [5, 5.41) is 0. The minimum atomic E-state index is -1.35. The zero-order chi connectivity index (χ0) is 15.3. The van der Waals surface area contributed by atoms with E-state index in [0.29, 0.717) is 0 Å². The molecule has 0 unspecified atom stereocenters. The van der Waals surface area contributed by atoms with Crippen LogP contribution in [0.5, 0.6) is 0 Å². The summed E-state index contributed by atoms with van der Waals surface area (Å²) in [6.45, 7) is 19.9. The van der Waals surface area contributed by atoms with Crippen LogP contribution in [-0.2, 0) is 0 Å². The number of allylic oxidation sites excluding steroid dienone is 4. The molecule has 0 fully saturated rings. The SMILES string of the molecule is CC=C(C#C[Si](C)(C)C)C(C#C[Si](C)(C)C)=C(C)C. The second kappa shape index (κ2) is 6.99. The average molecular weight is 289 g/mol. The third-order valence-electron chi connectivity index (χ3n) is 2.19. The molecule has 0 nitrogen and oxygen atoms in total. The summed E-state index contributed by atoms with van der Waals surface area (Å²) in [6.07, 6.45) is 2.09. The zero-order valence-corrected chi connectivity index (χ0v) is 16.1. The number of hydrogen-bond acceptors (Lipinski definition) is 0. The molecule has 0 heterocycles. The van der Waals surface area contributed by atoms with Gasteiger partial charge in [0, 0.05) is 11.1 Å². The van der Waals surface area contributed by atoms with Gasteiger partial charge >= 0.3 is 0 Å². The lowest BCUT2D eigenvalue weighted by atomic mass is 10.0. The Kier molecular flexibility index (Phi) is 6.63. The molecule has 0 aliphatic rings. The van der Waals surface area contributed by atoms with Crippen molar-refractivity contribution in [1.29, 1.82) is 0 Å². The summed E-state index contributed by atoms with van der Waals surface area (Å²) in [4.78, 5) is 0. The summed E-state index contributed by atoms with van der Waals surface area (Å²) < 4.78 is 0. The molecule has 0 spiro atoms. The fourth-order valence-electron chi connectivity index (χ4n) is 1.25. The molecule has 0 atom stereocenters. The first-order valence-electron chi connectivity index (χ1n) is 6.87. The maximum atomic E-state index is 3.45. The van der Waals surface area contributed by atoms with Gasteiger partial charge in [0.15, 0.2) is 0 Å². The van der Waals surface area contributed by atoms with Crippen LogP contribution in [-0.4, -0.2) is 16.1 Å². The van der Waals surface area contributed by atoms with E-state index >= 15 is 0 Å². The van der Waals surface area contributed by atoms with E-state index in [1.807, 2.05) is 6.92 Å².